The lowest BCUT2D eigenvalue weighted by Gasteiger charge is -2.13. The first-order valence-corrected chi connectivity index (χ1v) is 10.6. The molecule has 0 saturated carbocycles. The topological polar surface area (TPSA) is 144 Å². The number of nitrogens with two attached hydrogens (primary N) is 1. The lowest BCUT2D eigenvalue weighted by molar-refractivity contribution is 0.276. The Kier molecular flexibility index (Phi) is 5.46. The van der Waals surface area contributed by atoms with Crippen LogP contribution in [-0.4, -0.2) is 39.3 Å². The summed E-state index contributed by atoms with van der Waals surface area (Å²) in [4.78, 5) is 25.9. The second kappa shape index (κ2) is 8.61. The second-order valence-corrected chi connectivity index (χ2v) is 7.91. The number of pyridine rings is 2. The molecule has 35 heavy (non-hydrogen) atoms. The molecule has 11 heteroatoms. The lowest BCUT2D eigenvalue weighted by Crippen LogP contribution is -2.24. The maximum Gasteiger partial charge on any atom is 0.353 e. The number of rotatable bonds is 5. The fraction of sp³-hybridized carbons (Fsp3) is 0.125. The monoisotopic (exact) mass is 473 g/mol. The van der Waals surface area contributed by atoms with Crippen molar-refractivity contribution < 1.29 is 14.6 Å². The molecule has 0 amide bonds. The van der Waals surface area contributed by atoms with Gasteiger partial charge in [0.05, 0.1) is 35.8 Å². The van der Waals surface area contributed by atoms with Gasteiger partial charge in [-0.1, -0.05) is 30.3 Å². The van der Waals surface area contributed by atoms with Crippen LogP contribution >= 0.6 is 0 Å². The minimum atomic E-state index is -0.868. The normalized spacial score (nSPS) is 11.3. The number of halogens is 1. The van der Waals surface area contributed by atoms with Gasteiger partial charge in [-0.15, -0.1) is 5.10 Å². The maximum absolute atomic E-state index is 13.4. The highest BCUT2D eigenvalue weighted by Gasteiger charge is 2.22. The fourth-order valence-electron chi connectivity index (χ4n) is 3.95. The first kappa shape index (κ1) is 22.2. The van der Waals surface area contributed by atoms with Crippen molar-refractivity contribution in [3.8, 4) is 28.3 Å². The predicted octanol–water partition coefficient (Wildman–Crippen LogP) is 2.29. The summed E-state index contributed by atoms with van der Waals surface area (Å²) in [6.45, 7) is 1.39. The van der Waals surface area contributed by atoms with Crippen molar-refractivity contribution in [2.45, 2.75) is 20.1 Å². The summed E-state index contributed by atoms with van der Waals surface area (Å²) in [5, 5.41) is 23.8. The van der Waals surface area contributed by atoms with E-state index in [0.29, 0.717) is 28.2 Å². The molecule has 0 atom stereocenters. The maximum atomic E-state index is 13.4. The molecule has 0 aliphatic rings. The Hall–Kier alpha value is -4.64. The van der Waals surface area contributed by atoms with Crippen LogP contribution in [0.1, 0.15) is 17.1 Å². The average molecular weight is 473 g/mol. The van der Waals surface area contributed by atoms with Crippen molar-refractivity contribution in [1.29, 1.82) is 0 Å². The highest BCUT2D eigenvalue weighted by atomic mass is 19.1. The van der Waals surface area contributed by atoms with E-state index in [1.54, 1.807) is 13.0 Å². The van der Waals surface area contributed by atoms with Crippen molar-refractivity contribution in [1.82, 2.24) is 29.1 Å². The highest BCUT2D eigenvalue weighted by Crippen LogP contribution is 2.35. The van der Waals surface area contributed by atoms with E-state index in [4.69, 9.17) is 5.73 Å². The number of nitrogens with zero attached hydrogens (tertiary/aromatic N) is 6. The molecule has 0 unspecified atom stereocenters. The molecule has 176 valence electrons. The van der Waals surface area contributed by atoms with Crippen molar-refractivity contribution in [3.05, 3.63) is 88.0 Å². The molecule has 0 bridgehead atoms. The van der Waals surface area contributed by atoms with E-state index in [9.17, 15) is 19.4 Å². The van der Waals surface area contributed by atoms with Crippen LogP contribution in [0, 0.1) is 12.7 Å². The van der Waals surface area contributed by atoms with Crippen LogP contribution in [-0.2, 0) is 13.2 Å². The van der Waals surface area contributed by atoms with Crippen molar-refractivity contribution in [3.63, 3.8) is 0 Å². The Morgan fingerprint density at radius 2 is 1.77 bits per heavy atom. The van der Waals surface area contributed by atoms with Gasteiger partial charge in [0.2, 0.25) is 11.8 Å². The number of aromatic nitrogens is 6. The highest BCUT2D eigenvalue weighted by molar-refractivity contribution is 5.90. The molecule has 5 rings (SSSR count). The number of aliphatic hydroxyl groups is 1. The van der Waals surface area contributed by atoms with Gasteiger partial charge in [0.1, 0.15) is 0 Å². The van der Waals surface area contributed by atoms with Gasteiger partial charge in [-0.2, -0.15) is 0 Å². The summed E-state index contributed by atoms with van der Waals surface area (Å²) < 4.78 is 15.7. The van der Waals surface area contributed by atoms with Crippen LogP contribution < -0.4 is 11.4 Å². The van der Waals surface area contributed by atoms with Crippen LogP contribution in [0.4, 0.5) is 10.3 Å². The largest absolute Gasteiger partial charge is 0.491 e. The Morgan fingerprint density at radius 3 is 2.49 bits per heavy atom. The summed E-state index contributed by atoms with van der Waals surface area (Å²) in [6, 6.07) is 15.2. The van der Waals surface area contributed by atoms with E-state index in [1.165, 1.54) is 10.5 Å². The SMILES string of the molecule is Cc1cc(-c2c(-c3ccccc3)nc(N)n3c(=O)n(Cc4ccc(F)c(O)n4)nc23)cc(CO)n1. The van der Waals surface area contributed by atoms with Crippen LogP contribution in [0.25, 0.3) is 28.0 Å². The van der Waals surface area contributed by atoms with Gasteiger partial charge < -0.3 is 15.9 Å². The van der Waals surface area contributed by atoms with Gasteiger partial charge in [0, 0.05) is 11.3 Å². The van der Waals surface area contributed by atoms with Crippen LogP contribution in [0.2, 0.25) is 0 Å². The third kappa shape index (κ3) is 3.97. The van der Waals surface area contributed by atoms with Gasteiger partial charge >= 0.3 is 5.69 Å². The van der Waals surface area contributed by atoms with Gasteiger partial charge in [0.15, 0.2) is 11.5 Å². The lowest BCUT2D eigenvalue weighted by atomic mass is 9.99. The molecule has 10 nitrogen and oxygen atoms in total. The number of aliphatic hydroxyl groups excluding tert-OH is 1. The standard InChI is InChI=1S/C24H20FN7O3/c1-13-9-15(10-17(12-33)27-13)19-20(14-5-3-2-4-6-14)29-23(26)32-21(19)30-31(24(32)35)11-16-7-8-18(25)22(34)28-16/h2-10,33H,11-12H2,1H3,(H2,26,29)(H,28,34). The van der Waals surface area contributed by atoms with E-state index < -0.39 is 17.4 Å². The Balaban J connectivity index is 1.80. The number of aromatic hydroxyl groups is 1. The molecule has 5 aromatic rings. The Labute approximate surface area is 197 Å². The average Bonchev–Trinajstić information content (AvgIpc) is 3.17. The van der Waals surface area contributed by atoms with Gasteiger partial charge in [-0.25, -0.2) is 28.2 Å². The molecule has 0 saturated heterocycles. The second-order valence-electron chi connectivity index (χ2n) is 7.91. The zero-order valence-electron chi connectivity index (χ0n) is 18.6. The summed E-state index contributed by atoms with van der Waals surface area (Å²) in [7, 11) is 0. The van der Waals surface area contributed by atoms with Crippen LogP contribution in [0.5, 0.6) is 5.88 Å². The molecular weight excluding hydrogens is 453 g/mol. The molecule has 0 aliphatic heterocycles. The summed E-state index contributed by atoms with van der Waals surface area (Å²) in [6.07, 6.45) is 0. The molecule has 0 aliphatic carbocycles. The third-order valence-corrected chi connectivity index (χ3v) is 5.46. The van der Waals surface area contributed by atoms with Gasteiger partial charge in [-0.05, 0) is 36.8 Å². The number of aryl methyl sites for hydroxylation is 1. The quantitative estimate of drug-likeness (QED) is 0.353. The van der Waals surface area contributed by atoms with Crippen molar-refractivity contribution in [2.75, 3.05) is 5.73 Å². The van der Waals surface area contributed by atoms with E-state index in [-0.39, 0.29) is 30.4 Å². The summed E-state index contributed by atoms with van der Waals surface area (Å²) in [5.74, 6) is -1.70. The minimum absolute atomic E-state index is 0.0677. The number of fused-ring (bicyclic) bond motifs is 1. The molecule has 0 spiro atoms. The summed E-state index contributed by atoms with van der Waals surface area (Å²) in [5.41, 5.74) is 9.64. The molecule has 4 N–H and O–H groups in total. The molecule has 0 fully saturated rings. The Bertz CT molecular complexity index is 1630. The Morgan fingerprint density at radius 1 is 1.00 bits per heavy atom. The van der Waals surface area contributed by atoms with E-state index in [2.05, 4.69) is 20.1 Å². The van der Waals surface area contributed by atoms with Crippen molar-refractivity contribution in [2.24, 2.45) is 0 Å². The first-order valence-electron chi connectivity index (χ1n) is 10.6. The molecule has 0 radical (unpaired) electrons. The van der Waals surface area contributed by atoms with E-state index >= 15 is 0 Å². The molecule has 4 aromatic heterocycles. The fourth-order valence-corrected chi connectivity index (χ4v) is 3.95. The van der Waals surface area contributed by atoms with Crippen molar-refractivity contribution >= 4 is 11.6 Å². The van der Waals surface area contributed by atoms with E-state index in [0.717, 1.165) is 16.3 Å². The molecule has 4 heterocycles. The van der Waals surface area contributed by atoms with Gasteiger partial charge in [0.25, 0.3) is 0 Å². The minimum Gasteiger partial charge on any atom is -0.491 e. The zero-order chi connectivity index (χ0) is 24.7. The number of hydrogen-bond acceptors (Lipinski definition) is 8. The van der Waals surface area contributed by atoms with Gasteiger partial charge in [-0.3, -0.25) is 4.98 Å². The molecular formula is C24H20FN7O3. The number of anilines is 1. The first-order chi connectivity index (χ1) is 16.9. The predicted molar refractivity (Wildman–Crippen MR) is 126 cm³/mol. The van der Waals surface area contributed by atoms with Crippen LogP contribution in [0.15, 0.2) is 59.4 Å². The van der Waals surface area contributed by atoms with E-state index in [1.807, 2.05) is 36.4 Å². The smallest absolute Gasteiger partial charge is 0.353 e. The van der Waals surface area contributed by atoms with Crippen LogP contribution in [0.3, 0.4) is 0 Å². The third-order valence-electron chi connectivity index (χ3n) is 5.46. The number of nitrogen functional groups attached to an aromatic ring is 1. The number of hydrogen-bond donors (Lipinski definition) is 3. The molecule has 1 aromatic carbocycles. The summed E-state index contributed by atoms with van der Waals surface area (Å²) >= 11 is 0. The zero-order valence-corrected chi connectivity index (χ0v) is 18.6. The number of benzene rings is 1.